The molecule has 0 aromatic rings. The van der Waals surface area contributed by atoms with Crippen LogP contribution in [0.1, 0.15) is 80.1 Å². The predicted molar refractivity (Wildman–Crippen MR) is 145 cm³/mol. The van der Waals surface area contributed by atoms with E-state index in [1.54, 1.807) is 51.2 Å². The third-order valence-electron chi connectivity index (χ3n) is 7.68. The molecule has 0 unspecified atom stereocenters. The number of aliphatic hydroxyl groups is 2. The van der Waals surface area contributed by atoms with E-state index in [0.717, 1.165) is 0 Å². The van der Waals surface area contributed by atoms with E-state index >= 15 is 0 Å². The van der Waals surface area contributed by atoms with Crippen LogP contribution >= 0.6 is 0 Å². The van der Waals surface area contributed by atoms with Crippen LogP contribution in [0, 0.1) is 17.8 Å². The number of epoxide rings is 1. The molecule has 39 heavy (non-hydrogen) atoms. The number of aliphatic carboxylic acids is 1. The van der Waals surface area contributed by atoms with Gasteiger partial charge in [0.2, 0.25) is 0 Å². The van der Waals surface area contributed by atoms with E-state index in [4.69, 9.17) is 9.47 Å². The van der Waals surface area contributed by atoms with Gasteiger partial charge in [-0.15, -0.1) is 0 Å². The number of cyclic esters (lactones) is 1. The fourth-order valence-electron chi connectivity index (χ4n) is 4.96. The molecule has 2 aliphatic heterocycles. The second kappa shape index (κ2) is 13.6. The average molecular weight is 549 g/mol. The number of ketones is 2. The molecule has 8 atom stereocenters. The lowest BCUT2D eigenvalue weighted by molar-refractivity contribution is -0.151. The summed E-state index contributed by atoms with van der Waals surface area (Å²) in [6, 6.07) is 0. The van der Waals surface area contributed by atoms with Crippen molar-refractivity contribution in [1.29, 1.82) is 0 Å². The normalized spacial score (nSPS) is 33.8. The Morgan fingerprint density at radius 1 is 1.28 bits per heavy atom. The highest BCUT2D eigenvalue weighted by Gasteiger charge is 2.47. The molecule has 0 aromatic carbocycles. The first-order valence-electron chi connectivity index (χ1n) is 13.7. The predicted octanol–water partition coefficient (Wildman–Crippen LogP) is 3.71. The number of carbonyl (C=O) groups is 4. The first-order chi connectivity index (χ1) is 18.1. The van der Waals surface area contributed by atoms with Crippen molar-refractivity contribution in [3.63, 3.8) is 0 Å². The van der Waals surface area contributed by atoms with Gasteiger partial charge in [-0.3, -0.25) is 19.2 Å². The number of carboxylic acid groups (broad SMARTS) is 1. The van der Waals surface area contributed by atoms with Gasteiger partial charge in [-0.2, -0.15) is 0 Å². The van der Waals surface area contributed by atoms with Crippen LogP contribution in [0.4, 0.5) is 0 Å². The van der Waals surface area contributed by atoms with Gasteiger partial charge < -0.3 is 24.8 Å². The fourth-order valence-corrected chi connectivity index (χ4v) is 4.96. The average Bonchev–Trinajstić information content (AvgIpc) is 3.59. The molecule has 2 heterocycles. The van der Waals surface area contributed by atoms with Gasteiger partial charge in [0, 0.05) is 37.0 Å². The standard InChI is InChI=1S/C30H44O9/c1-7-23(32)20(4)28-24(38-28)17-29(5,36)13-8-9-18(2)27-19(3)10-11-21(15-25(33)34)30(6,37)14-12-22(31)16-26(35)39-27/h8-11,13,19-21,24,27-28,36-37H,7,12,14-17H2,1-6H3,(H,33,34)/b11-10+,13-8+,18-9+/t19-,20+,21+,24+,27+,28+,29-,30+/m0/s1. The van der Waals surface area contributed by atoms with E-state index < -0.39 is 47.4 Å². The molecule has 3 N–H and O–H groups in total. The first-order valence-corrected chi connectivity index (χ1v) is 13.7. The van der Waals surface area contributed by atoms with Crippen molar-refractivity contribution in [2.75, 3.05) is 0 Å². The molecule has 1 saturated heterocycles. The van der Waals surface area contributed by atoms with Gasteiger partial charge >= 0.3 is 11.9 Å². The van der Waals surface area contributed by atoms with Crippen LogP contribution in [-0.2, 0) is 28.7 Å². The Balaban J connectivity index is 2.19. The second-order valence-electron chi connectivity index (χ2n) is 11.5. The molecule has 0 spiro atoms. The van der Waals surface area contributed by atoms with Gasteiger partial charge in [0.15, 0.2) is 0 Å². The van der Waals surface area contributed by atoms with Crippen molar-refractivity contribution >= 4 is 23.5 Å². The Bertz CT molecular complexity index is 1000. The molecular formula is C30H44O9. The quantitative estimate of drug-likeness (QED) is 0.122. The van der Waals surface area contributed by atoms with Gasteiger partial charge in [0.05, 0.1) is 29.8 Å². The van der Waals surface area contributed by atoms with E-state index in [0.29, 0.717) is 18.4 Å². The molecule has 9 nitrogen and oxygen atoms in total. The summed E-state index contributed by atoms with van der Waals surface area (Å²) in [5, 5.41) is 31.1. The van der Waals surface area contributed by atoms with Crippen molar-refractivity contribution in [1.82, 2.24) is 0 Å². The summed E-state index contributed by atoms with van der Waals surface area (Å²) < 4.78 is 11.3. The Morgan fingerprint density at radius 3 is 2.56 bits per heavy atom. The van der Waals surface area contributed by atoms with Gasteiger partial charge in [-0.25, -0.2) is 0 Å². The lowest BCUT2D eigenvalue weighted by Crippen LogP contribution is -2.36. The van der Waals surface area contributed by atoms with Crippen molar-refractivity contribution in [3.05, 3.63) is 36.0 Å². The minimum absolute atomic E-state index is 0.0311. The third kappa shape index (κ3) is 10.1. The van der Waals surface area contributed by atoms with Crippen LogP contribution in [0.2, 0.25) is 0 Å². The maximum absolute atomic E-state index is 12.5. The monoisotopic (exact) mass is 548 g/mol. The molecule has 0 aromatic heterocycles. The molecule has 0 amide bonds. The zero-order chi connectivity index (χ0) is 29.5. The maximum atomic E-state index is 12.5. The summed E-state index contributed by atoms with van der Waals surface area (Å²) in [6.07, 6.45) is 7.18. The molecule has 0 radical (unpaired) electrons. The van der Waals surface area contributed by atoms with E-state index in [1.165, 1.54) is 6.92 Å². The van der Waals surface area contributed by atoms with Crippen LogP contribution in [0.3, 0.4) is 0 Å². The number of hydrogen-bond donors (Lipinski definition) is 3. The van der Waals surface area contributed by atoms with Gasteiger partial charge in [0.25, 0.3) is 0 Å². The minimum Gasteiger partial charge on any atom is -0.481 e. The number of esters is 1. The molecule has 218 valence electrons. The van der Waals surface area contributed by atoms with Crippen molar-refractivity contribution < 1.29 is 44.0 Å². The zero-order valence-electron chi connectivity index (χ0n) is 23.9. The van der Waals surface area contributed by atoms with Crippen LogP contribution < -0.4 is 0 Å². The van der Waals surface area contributed by atoms with Crippen LogP contribution in [0.15, 0.2) is 36.0 Å². The highest BCUT2D eigenvalue weighted by Crippen LogP contribution is 2.36. The number of ether oxygens (including phenoxy) is 2. The van der Waals surface area contributed by atoms with Crippen LogP contribution in [-0.4, -0.2) is 68.3 Å². The van der Waals surface area contributed by atoms with Crippen molar-refractivity contribution in [2.45, 2.75) is 110 Å². The number of hydrogen-bond acceptors (Lipinski definition) is 8. The number of Topliss-reactive ketones (excluding diaryl/α,β-unsaturated/α-hetero) is 2. The number of allylic oxidation sites excluding steroid dienone is 2. The summed E-state index contributed by atoms with van der Waals surface area (Å²) in [4.78, 5) is 48.2. The highest BCUT2D eigenvalue weighted by molar-refractivity contribution is 5.95. The van der Waals surface area contributed by atoms with Gasteiger partial charge in [0.1, 0.15) is 24.1 Å². The third-order valence-corrected chi connectivity index (χ3v) is 7.68. The Kier molecular flexibility index (Phi) is 11.4. The summed E-state index contributed by atoms with van der Waals surface area (Å²) in [5.74, 6) is -3.34. The maximum Gasteiger partial charge on any atom is 0.313 e. The van der Waals surface area contributed by atoms with E-state index in [9.17, 15) is 34.5 Å². The fraction of sp³-hybridized carbons (Fsp3) is 0.667. The largest absolute Gasteiger partial charge is 0.481 e. The molecular weight excluding hydrogens is 504 g/mol. The molecule has 0 saturated carbocycles. The molecule has 9 heteroatoms. The SMILES string of the molecule is CCC(=O)[C@@H](C)[C@H]1O[C@@H]1C[C@@](C)(O)/C=C/C=C(\C)[C@H]1OC(=O)CC(=O)CC[C@@](C)(O)[C@@H](CC(=O)O)/C=C/[C@@H]1C. The van der Waals surface area contributed by atoms with Gasteiger partial charge in [-0.05, 0) is 32.8 Å². The van der Waals surface area contributed by atoms with E-state index in [1.807, 2.05) is 13.8 Å². The number of carbonyl (C=O) groups excluding carboxylic acids is 3. The first kappa shape index (κ1) is 32.6. The smallest absolute Gasteiger partial charge is 0.313 e. The Hall–Kier alpha value is -2.62. The van der Waals surface area contributed by atoms with Gasteiger partial charge in [-0.1, -0.05) is 51.2 Å². The topological polar surface area (TPSA) is 151 Å². The molecule has 2 rings (SSSR count). The summed E-state index contributed by atoms with van der Waals surface area (Å²) >= 11 is 0. The Morgan fingerprint density at radius 2 is 1.95 bits per heavy atom. The summed E-state index contributed by atoms with van der Waals surface area (Å²) in [6.45, 7) is 10.4. The summed E-state index contributed by atoms with van der Waals surface area (Å²) in [5.41, 5.74) is -1.98. The van der Waals surface area contributed by atoms with E-state index in [-0.39, 0.29) is 49.1 Å². The highest BCUT2D eigenvalue weighted by atomic mass is 16.6. The zero-order valence-corrected chi connectivity index (χ0v) is 23.9. The van der Waals surface area contributed by atoms with E-state index in [2.05, 4.69) is 0 Å². The van der Waals surface area contributed by atoms with Crippen molar-refractivity contribution in [3.8, 4) is 0 Å². The number of rotatable bonds is 10. The second-order valence-corrected chi connectivity index (χ2v) is 11.5. The lowest BCUT2D eigenvalue weighted by Gasteiger charge is -2.31. The molecule has 0 aliphatic carbocycles. The lowest BCUT2D eigenvalue weighted by atomic mass is 9.81. The molecule has 1 fully saturated rings. The number of carboxylic acids is 1. The van der Waals surface area contributed by atoms with Crippen molar-refractivity contribution in [2.24, 2.45) is 17.8 Å². The molecule has 2 aliphatic rings. The summed E-state index contributed by atoms with van der Waals surface area (Å²) in [7, 11) is 0. The van der Waals surface area contributed by atoms with Crippen LogP contribution in [0.5, 0.6) is 0 Å². The Labute approximate surface area is 230 Å². The molecule has 0 bridgehead atoms. The minimum atomic E-state index is -1.44. The van der Waals surface area contributed by atoms with Crippen LogP contribution in [0.25, 0.3) is 0 Å².